The third-order valence-electron chi connectivity index (χ3n) is 4.71. The number of aromatic nitrogens is 1. The molecule has 0 spiro atoms. The van der Waals surface area contributed by atoms with Crippen LogP contribution in [0.3, 0.4) is 0 Å². The maximum Gasteiger partial charge on any atom is 0.337 e. The number of hydrogen-bond donors (Lipinski definition) is 1. The number of halogens is 2. The molecule has 152 valence electrons. The molecule has 10 heteroatoms. The van der Waals surface area contributed by atoms with Crippen LogP contribution in [0.1, 0.15) is 36.9 Å². The molecule has 2 aliphatic rings. The normalized spacial score (nSPS) is 22.2. The van der Waals surface area contributed by atoms with Gasteiger partial charge >= 0.3 is 5.97 Å². The van der Waals surface area contributed by atoms with Gasteiger partial charge in [0.25, 0.3) is 5.92 Å². The van der Waals surface area contributed by atoms with Crippen molar-refractivity contribution in [1.29, 1.82) is 0 Å². The first kappa shape index (κ1) is 20.5. The van der Waals surface area contributed by atoms with Gasteiger partial charge in [0.1, 0.15) is 6.29 Å². The van der Waals surface area contributed by atoms with E-state index in [9.17, 15) is 18.4 Å². The summed E-state index contributed by atoms with van der Waals surface area (Å²) in [5, 5.41) is 5.65. The number of methoxy groups -OCH3 is 1. The molecule has 1 saturated heterocycles. The molecule has 3 heterocycles. The van der Waals surface area contributed by atoms with Gasteiger partial charge in [-0.25, -0.2) is 18.6 Å². The van der Waals surface area contributed by atoms with Crippen molar-refractivity contribution in [2.45, 2.75) is 38.2 Å². The van der Waals surface area contributed by atoms with Crippen LogP contribution < -0.4 is 5.32 Å². The lowest BCUT2D eigenvalue weighted by molar-refractivity contribution is -0.136. The van der Waals surface area contributed by atoms with E-state index in [1.807, 2.05) is 19.2 Å². The monoisotopic (exact) mass is 412 g/mol. The van der Waals surface area contributed by atoms with E-state index in [-0.39, 0.29) is 24.6 Å². The number of nitrogens with zero attached hydrogens (tertiary/aromatic N) is 3. The van der Waals surface area contributed by atoms with Crippen LogP contribution in [0.5, 0.6) is 0 Å². The largest absolute Gasteiger partial charge is 0.466 e. The zero-order valence-electron chi connectivity index (χ0n) is 15.9. The molecule has 28 heavy (non-hydrogen) atoms. The van der Waals surface area contributed by atoms with Crippen LogP contribution in [-0.2, 0) is 14.3 Å². The Balaban J connectivity index is 1.85. The van der Waals surface area contributed by atoms with Gasteiger partial charge in [-0.3, -0.25) is 9.89 Å². The van der Waals surface area contributed by atoms with E-state index < -0.39 is 30.9 Å². The zero-order valence-corrected chi connectivity index (χ0v) is 16.7. The molecule has 1 N–H and O–H groups in total. The summed E-state index contributed by atoms with van der Waals surface area (Å²) in [5.74, 6) is -2.78. The number of thiazole rings is 1. The second kappa shape index (κ2) is 8.04. The number of carbonyl (C=O) groups is 2. The van der Waals surface area contributed by atoms with Gasteiger partial charge in [-0.15, -0.1) is 11.3 Å². The number of esters is 1. The third-order valence-corrected chi connectivity index (χ3v) is 5.57. The Labute approximate surface area is 165 Å². The van der Waals surface area contributed by atoms with E-state index in [2.05, 4.69) is 15.3 Å². The average molecular weight is 412 g/mol. The van der Waals surface area contributed by atoms with Crippen LogP contribution in [0.2, 0.25) is 0 Å². The minimum Gasteiger partial charge on any atom is -0.466 e. The second-order valence-corrected chi connectivity index (χ2v) is 8.00. The van der Waals surface area contributed by atoms with Crippen LogP contribution >= 0.6 is 11.3 Å². The van der Waals surface area contributed by atoms with E-state index in [0.29, 0.717) is 22.8 Å². The van der Waals surface area contributed by atoms with Gasteiger partial charge in [0, 0.05) is 24.0 Å². The highest BCUT2D eigenvalue weighted by atomic mass is 32.1. The zero-order chi connectivity index (χ0) is 20.5. The molecule has 0 radical (unpaired) electrons. The quantitative estimate of drug-likeness (QED) is 0.568. The summed E-state index contributed by atoms with van der Waals surface area (Å²) >= 11 is 1.42. The summed E-state index contributed by atoms with van der Waals surface area (Å²) < 4.78 is 32.3. The van der Waals surface area contributed by atoms with Gasteiger partial charge in [0.15, 0.2) is 10.8 Å². The molecule has 3 rings (SSSR count). The molecule has 0 amide bonds. The second-order valence-electron chi connectivity index (χ2n) is 7.14. The minimum atomic E-state index is -2.94. The molecular formula is C18H22F2N4O3S. The number of likely N-dealkylation sites (tertiary alicyclic amines) is 1. The van der Waals surface area contributed by atoms with Gasteiger partial charge in [0.2, 0.25) is 0 Å². The third kappa shape index (κ3) is 4.27. The van der Waals surface area contributed by atoms with Crippen molar-refractivity contribution in [3.05, 3.63) is 27.4 Å². The maximum atomic E-state index is 13.8. The number of nitrogens with one attached hydrogen (secondary N) is 1. The molecule has 1 aromatic heterocycles. The van der Waals surface area contributed by atoms with Gasteiger partial charge < -0.3 is 14.8 Å². The summed E-state index contributed by atoms with van der Waals surface area (Å²) in [6, 6.07) is -0.905. The SMILES string of the molecule is COC(=O)C1=C(CN2CC(F)(F)CC2C=O)NC(c2nc(C(C)C)cs2)=NC1. The number of rotatable bonds is 6. The highest BCUT2D eigenvalue weighted by molar-refractivity contribution is 7.11. The Kier molecular flexibility index (Phi) is 5.90. The molecule has 0 bridgehead atoms. The predicted molar refractivity (Wildman–Crippen MR) is 101 cm³/mol. The minimum absolute atomic E-state index is 0.00906. The Morgan fingerprint density at radius 1 is 1.54 bits per heavy atom. The van der Waals surface area contributed by atoms with Crippen molar-refractivity contribution >= 4 is 29.4 Å². The highest BCUT2D eigenvalue weighted by Crippen LogP contribution is 2.32. The van der Waals surface area contributed by atoms with Crippen LogP contribution in [0.4, 0.5) is 8.78 Å². The molecule has 7 nitrogen and oxygen atoms in total. The topological polar surface area (TPSA) is 83.9 Å². The number of aldehydes is 1. The molecule has 1 fully saturated rings. The van der Waals surface area contributed by atoms with E-state index in [0.717, 1.165) is 5.69 Å². The van der Waals surface area contributed by atoms with Crippen molar-refractivity contribution in [2.24, 2.45) is 4.99 Å². The van der Waals surface area contributed by atoms with Gasteiger partial charge in [-0.05, 0) is 5.92 Å². The molecule has 0 saturated carbocycles. The molecule has 1 unspecified atom stereocenters. The summed E-state index contributed by atoms with van der Waals surface area (Å²) in [6.07, 6.45) is -0.00460. The summed E-state index contributed by atoms with van der Waals surface area (Å²) in [6.45, 7) is 3.56. The van der Waals surface area contributed by atoms with E-state index in [4.69, 9.17) is 4.74 Å². The lowest BCUT2D eigenvalue weighted by Crippen LogP contribution is -2.41. The van der Waals surface area contributed by atoms with Crippen molar-refractivity contribution in [3.63, 3.8) is 0 Å². The molecule has 0 aliphatic carbocycles. The number of hydrogen-bond acceptors (Lipinski definition) is 8. The van der Waals surface area contributed by atoms with Gasteiger partial charge in [-0.2, -0.15) is 0 Å². The fourth-order valence-electron chi connectivity index (χ4n) is 3.16. The Morgan fingerprint density at radius 2 is 2.29 bits per heavy atom. The first-order chi connectivity index (χ1) is 13.2. The van der Waals surface area contributed by atoms with Crippen LogP contribution in [0, 0.1) is 0 Å². The smallest absolute Gasteiger partial charge is 0.337 e. The first-order valence-electron chi connectivity index (χ1n) is 8.89. The molecule has 2 aliphatic heterocycles. The number of alkyl halides is 2. The van der Waals surface area contributed by atoms with Crippen LogP contribution in [-0.4, -0.2) is 66.7 Å². The lowest BCUT2D eigenvalue weighted by Gasteiger charge is -2.26. The van der Waals surface area contributed by atoms with Crippen molar-refractivity contribution < 1.29 is 23.1 Å². The van der Waals surface area contributed by atoms with Crippen LogP contribution in [0.15, 0.2) is 21.6 Å². The fraction of sp³-hybridized carbons (Fsp3) is 0.556. The van der Waals surface area contributed by atoms with E-state index >= 15 is 0 Å². The number of carbonyl (C=O) groups excluding carboxylic acids is 2. The molecular weight excluding hydrogens is 390 g/mol. The van der Waals surface area contributed by atoms with Crippen molar-refractivity contribution in [2.75, 3.05) is 26.7 Å². The summed E-state index contributed by atoms with van der Waals surface area (Å²) in [4.78, 5) is 33.6. The Hall–Kier alpha value is -2.20. The van der Waals surface area contributed by atoms with Crippen LogP contribution in [0.25, 0.3) is 0 Å². The molecule has 1 atom stereocenters. The fourth-order valence-corrected chi connectivity index (χ4v) is 4.11. The van der Waals surface area contributed by atoms with Crippen molar-refractivity contribution in [1.82, 2.24) is 15.2 Å². The lowest BCUT2D eigenvalue weighted by atomic mass is 10.1. The molecule has 1 aromatic rings. The summed E-state index contributed by atoms with van der Waals surface area (Å²) in [7, 11) is 1.25. The number of ether oxygens (including phenoxy) is 1. The van der Waals surface area contributed by atoms with Gasteiger partial charge in [-0.1, -0.05) is 13.8 Å². The predicted octanol–water partition coefficient (Wildman–Crippen LogP) is 1.95. The highest BCUT2D eigenvalue weighted by Gasteiger charge is 2.45. The number of aliphatic imine (C=N–C) groups is 1. The Morgan fingerprint density at radius 3 is 2.89 bits per heavy atom. The maximum absolute atomic E-state index is 13.8. The standard InChI is InChI=1S/C18H22F2N4O3S/c1-10(2)14-8-28-16(23-14)15-21-5-12(17(26)27-3)13(22-15)6-24-9-18(19,20)4-11(24)7-25/h7-8,10-11H,4-6,9H2,1-3H3,(H,21,22). The summed E-state index contributed by atoms with van der Waals surface area (Å²) in [5.41, 5.74) is 1.59. The van der Waals surface area contributed by atoms with E-state index in [1.54, 1.807) is 0 Å². The Bertz CT molecular complexity index is 835. The van der Waals surface area contributed by atoms with Crippen molar-refractivity contribution in [3.8, 4) is 0 Å². The van der Waals surface area contributed by atoms with Gasteiger partial charge in [0.05, 0.1) is 37.5 Å². The average Bonchev–Trinajstić information content (AvgIpc) is 3.25. The molecule has 0 aromatic carbocycles. The number of amidine groups is 1. The van der Waals surface area contributed by atoms with E-state index in [1.165, 1.54) is 23.3 Å². The first-order valence-corrected chi connectivity index (χ1v) is 9.77.